The van der Waals surface area contributed by atoms with E-state index in [1.165, 1.54) is 0 Å². The maximum Gasteiger partial charge on any atom is 0.257 e. The van der Waals surface area contributed by atoms with Crippen molar-refractivity contribution in [2.45, 2.75) is 52.2 Å². The summed E-state index contributed by atoms with van der Waals surface area (Å²) in [5.74, 6) is 0.178. The molecule has 138 valence electrons. The predicted molar refractivity (Wildman–Crippen MR) is 95.2 cm³/mol. The highest BCUT2D eigenvalue weighted by molar-refractivity contribution is 5.95. The molecule has 0 bridgehead atoms. The van der Waals surface area contributed by atoms with Gasteiger partial charge in [-0.05, 0) is 40.2 Å². The van der Waals surface area contributed by atoms with Gasteiger partial charge in [-0.2, -0.15) is 5.10 Å². The highest BCUT2D eigenvalue weighted by atomic mass is 16.2. The number of nitrogens with zero attached hydrogens (tertiary/aromatic N) is 5. The zero-order valence-corrected chi connectivity index (χ0v) is 15.6. The van der Waals surface area contributed by atoms with Gasteiger partial charge >= 0.3 is 0 Å². The van der Waals surface area contributed by atoms with E-state index in [1.807, 2.05) is 26.4 Å². The monoisotopic (exact) mass is 347 g/mol. The number of carbonyl (C=O) groups is 2. The normalized spacial score (nSPS) is 18.0. The molecule has 25 heavy (non-hydrogen) atoms. The first-order valence-electron chi connectivity index (χ1n) is 9.29. The van der Waals surface area contributed by atoms with Crippen LogP contribution in [0.25, 0.3) is 0 Å². The summed E-state index contributed by atoms with van der Waals surface area (Å²) in [5, 5.41) is 4.41. The summed E-state index contributed by atoms with van der Waals surface area (Å²) < 4.78 is 1.91. The van der Waals surface area contributed by atoms with Gasteiger partial charge in [0.1, 0.15) is 0 Å². The molecule has 7 nitrogen and oxygen atoms in total. The van der Waals surface area contributed by atoms with E-state index in [2.05, 4.69) is 18.9 Å². The minimum atomic E-state index is 0.0624. The van der Waals surface area contributed by atoms with Crippen molar-refractivity contribution in [1.29, 1.82) is 0 Å². The smallest absolute Gasteiger partial charge is 0.257 e. The number of aryl methyl sites for hydroxylation is 1. The fourth-order valence-electron chi connectivity index (χ4n) is 3.42. The van der Waals surface area contributed by atoms with Crippen molar-refractivity contribution >= 4 is 11.8 Å². The lowest BCUT2D eigenvalue weighted by molar-refractivity contribution is -0.133. The lowest BCUT2D eigenvalue weighted by Crippen LogP contribution is -2.41. The van der Waals surface area contributed by atoms with E-state index in [9.17, 15) is 9.59 Å². The van der Waals surface area contributed by atoms with E-state index in [1.54, 1.807) is 6.20 Å². The van der Waals surface area contributed by atoms with Crippen LogP contribution in [0.1, 0.15) is 49.2 Å². The van der Waals surface area contributed by atoms with Crippen molar-refractivity contribution in [3.63, 3.8) is 0 Å². The van der Waals surface area contributed by atoms with E-state index < -0.39 is 0 Å². The highest BCUT2D eigenvalue weighted by Gasteiger charge is 2.28. The van der Waals surface area contributed by atoms with Gasteiger partial charge in [-0.15, -0.1) is 0 Å². The molecule has 3 heterocycles. The van der Waals surface area contributed by atoms with E-state index >= 15 is 0 Å². The Morgan fingerprint density at radius 3 is 2.48 bits per heavy atom. The number of carbonyl (C=O) groups excluding carboxylic acids is 2. The molecule has 0 atom stereocenters. The third-order valence-corrected chi connectivity index (χ3v) is 5.33. The Balaban J connectivity index is 1.76. The average molecular weight is 347 g/mol. The molecule has 2 aliphatic rings. The first kappa shape index (κ1) is 17.9. The molecule has 1 saturated heterocycles. The van der Waals surface area contributed by atoms with Gasteiger partial charge in [0.25, 0.3) is 5.91 Å². The minimum absolute atomic E-state index is 0.0624. The summed E-state index contributed by atoms with van der Waals surface area (Å²) in [7, 11) is 1.97. The zero-order valence-electron chi connectivity index (χ0n) is 15.6. The Hall–Kier alpha value is -1.89. The first-order valence-corrected chi connectivity index (χ1v) is 9.29. The van der Waals surface area contributed by atoms with Crippen molar-refractivity contribution in [1.82, 2.24) is 24.5 Å². The summed E-state index contributed by atoms with van der Waals surface area (Å²) in [6.45, 7) is 8.16. The maximum absolute atomic E-state index is 12.8. The van der Waals surface area contributed by atoms with Crippen LogP contribution in [0.15, 0.2) is 6.20 Å². The van der Waals surface area contributed by atoms with Gasteiger partial charge in [-0.1, -0.05) is 0 Å². The van der Waals surface area contributed by atoms with Gasteiger partial charge < -0.3 is 9.80 Å². The molecule has 1 fully saturated rings. The lowest BCUT2D eigenvalue weighted by atomic mass is 10.2. The van der Waals surface area contributed by atoms with Crippen LogP contribution in [0.2, 0.25) is 0 Å². The van der Waals surface area contributed by atoms with Crippen molar-refractivity contribution in [2.75, 3.05) is 33.2 Å². The standard InChI is InChI=1S/C18H29N5O2/c1-14(2)20(3)13-17(24)22-9-6-10-23-16(12-22)15(11-19-23)18(25)21-7-4-5-8-21/h11,14H,4-10,12-13H2,1-3H3. The predicted octanol–water partition coefficient (Wildman–Crippen LogP) is 1.19. The number of aromatic nitrogens is 2. The van der Waals surface area contributed by atoms with E-state index in [0.29, 0.717) is 31.2 Å². The first-order chi connectivity index (χ1) is 12.0. The molecule has 0 aromatic carbocycles. The Labute approximate surface area is 149 Å². The topological polar surface area (TPSA) is 61.7 Å². The second-order valence-corrected chi connectivity index (χ2v) is 7.41. The van der Waals surface area contributed by atoms with Gasteiger partial charge in [-0.3, -0.25) is 19.2 Å². The van der Waals surface area contributed by atoms with Gasteiger partial charge in [0.2, 0.25) is 5.91 Å². The lowest BCUT2D eigenvalue weighted by Gasteiger charge is -2.26. The molecule has 3 rings (SSSR count). The maximum atomic E-state index is 12.8. The SMILES string of the molecule is CC(C)N(C)CC(=O)N1CCCn2ncc(C(=O)N3CCCC3)c2C1. The van der Waals surface area contributed by atoms with Crippen LogP contribution in [-0.2, 0) is 17.9 Å². The quantitative estimate of drug-likeness (QED) is 0.821. The highest BCUT2D eigenvalue weighted by Crippen LogP contribution is 2.20. The third-order valence-electron chi connectivity index (χ3n) is 5.33. The molecule has 1 aromatic heterocycles. The van der Waals surface area contributed by atoms with Crippen LogP contribution in [0.3, 0.4) is 0 Å². The van der Waals surface area contributed by atoms with Crippen molar-refractivity contribution in [2.24, 2.45) is 0 Å². The van der Waals surface area contributed by atoms with Gasteiger partial charge in [-0.25, -0.2) is 0 Å². The number of fused-ring (bicyclic) bond motifs is 1. The third kappa shape index (κ3) is 3.86. The van der Waals surface area contributed by atoms with Crippen LogP contribution in [0.5, 0.6) is 0 Å². The number of rotatable bonds is 4. The van der Waals surface area contributed by atoms with Crippen molar-refractivity contribution in [3.8, 4) is 0 Å². The molecule has 0 radical (unpaired) electrons. The molecular formula is C18H29N5O2. The van der Waals surface area contributed by atoms with Crippen LogP contribution in [-0.4, -0.2) is 75.6 Å². The Kier molecular flexibility index (Phi) is 5.42. The fraction of sp³-hybridized carbons (Fsp3) is 0.722. The van der Waals surface area contributed by atoms with E-state index in [4.69, 9.17) is 0 Å². The summed E-state index contributed by atoms with van der Waals surface area (Å²) in [6.07, 6.45) is 4.69. The van der Waals surface area contributed by atoms with E-state index in [-0.39, 0.29) is 11.8 Å². The molecule has 2 amide bonds. The molecular weight excluding hydrogens is 318 g/mol. The summed E-state index contributed by atoms with van der Waals surface area (Å²) in [4.78, 5) is 31.3. The molecule has 0 unspecified atom stereocenters. The minimum Gasteiger partial charge on any atom is -0.339 e. The van der Waals surface area contributed by atoms with E-state index in [0.717, 1.165) is 44.6 Å². The van der Waals surface area contributed by atoms with Gasteiger partial charge in [0.05, 0.1) is 30.5 Å². The molecule has 2 aliphatic heterocycles. The van der Waals surface area contributed by atoms with Crippen molar-refractivity contribution in [3.05, 3.63) is 17.5 Å². The second kappa shape index (κ2) is 7.56. The van der Waals surface area contributed by atoms with Crippen molar-refractivity contribution < 1.29 is 9.59 Å². The Morgan fingerprint density at radius 1 is 1.12 bits per heavy atom. The molecule has 0 N–H and O–H groups in total. The molecule has 0 spiro atoms. The van der Waals surface area contributed by atoms with Crippen LogP contribution >= 0.6 is 0 Å². The summed E-state index contributed by atoms with van der Waals surface area (Å²) in [5.41, 5.74) is 1.55. The number of likely N-dealkylation sites (N-methyl/N-ethyl adjacent to an activating group) is 1. The number of likely N-dealkylation sites (tertiary alicyclic amines) is 1. The molecule has 0 aliphatic carbocycles. The Bertz CT molecular complexity index is 633. The van der Waals surface area contributed by atoms with Gasteiger partial charge in [0.15, 0.2) is 0 Å². The Morgan fingerprint density at radius 2 is 1.80 bits per heavy atom. The molecule has 7 heteroatoms. The fourth-order valence-corrected chi connectivity index (χ4v) is 3.42. The molecule has 1 aromatic rings. The van der Waals surface area contributed by atoms with Gasteiger partial charge in [0, 0.05) is 32.2 Å². The summed E-state index contributed by atoms with van der Waals surface area (Å²) >= 11 is 0. The van der Waals surface area contributed by atoms with Crippen LogP contribution < -0.4 is 0 Å². The summed E-state index contributed by atoms with van der Waals surface area (Å²) in [6, 6.07) is 0.328. The number of hydrogen-bond donors (Lipinski definition) is 0. The van der Waals surface area contributed by atoms with Crippen LogP contribution in [0.4, 0.5) is 0 Å². The van der Waals surface area contributed by atoms with Crippen LogP contribution in [0, 0.1) is 0 Å². The largest absolute Gasteiger partial charge is 0.339 e. The number of amides is 2. The average Bonchev–Trinajstić information content (AvgIpc) is 3.20. The second-order valence-electron chi connectivity index (χ2n) is 7.41. The zero-order chi connectivity index (χ0) is 18.0. The molecule has 0 saturated carbocycles. The number of hydrogen-bond acceptors (Lipinski definition) is 4.